The van der Waals surface area contributed by atoms with Crippen LogP contribution < -0.4 is 0 Å². The summed E-state index contributed by atoms with van der Waals surface area (Å²) in [6.07, 6.45) is 38.7. The molecular weight excluding hydrogens is 663 g/mol. The minimum atomic E-state index is -2.83. The summed E-state index contributed by atoms with van der Waals surface area (Å²) in [7, 11) is -2.83. The Balaban J connectivity index is 5.32. The highest BCUT2D eigenvalue weighted by Gasteiger charge is 2.42. The van der Waals surface area contributed by atoms with E-state index in [1.54, 1.807) is 0 Å². The first kappa shape index (κ1) is 51.4. The van der Waals surface area contributed by atoms with E-state index >= 15 is 0 Å². The van der Waals surface area contributed by atoms with Gasteiger partial charge in [0.25, 0.3) is 0 Å². The summed E-state index contributed by atoms with van der Waals surface area (Å²) in [6, 6.07) is 0.891. The average Bonchev–Trinajstić information content (AvgIpc) is 3.15. The number of unbranched alkanes of at least 4 members (excludes halogenated alkanes) is 20. The van der Waals surface area contributed by atoms with E-state index in [9.17, 15) is 0 Å². The molecule has 0 heterocycles. The van der Waals surface area contributed by atoms with E-state index in [1.807, 2.05) is 0 Å². The molecule has 308 valence electrons. The van der Waals surface area contributed by atoms with Crippen molar-refractivity contribution >= 4 is 21.4 Å². The zero-order chi connectivity index (χ0) is 37.5. The molecule has 0 aliphatic heterocycles. The monoisotopic (exact) mass is 758 g/mol. The molecule has 0 fully saturated rings. The number of hydrogen-bond acceptors (Lipinski definition) is 5. The van der Waals surface area contributed by atoms with E-state index in [0.29, 0.717) is 11.8 Å². The molecule has 0 saturated carbocycles. The lowest BCUT2D eigenvalue weighted by Crippen LogP contribution is -2.49. The highest BCUT2D eigenvalue weighted by Crippen LogP contribution is 2.25. The van der Waals surface area contributed by atoms with Crippen LogP contribution in [0, 0.1) is 11.8 Å². The molecule has 0 aliphatic rings. The molecule has 0 saturated heterocycles. The number of hydrogen-bond donors (Lipinski definition) is 1. The second-order valence-electron chi connectivity index (χ2n) is 16.0. The average molecular weight is 758 g/mol. The van der Waals surface area contributed by atoms with Crippen LogP contribution in [0.1, 0.15) is 228 Å². The molecular formula is C45H95NO3SSi. The van der Waals surface area contributed by atoms with Crippen LogP contribution in [-0.4, -0.2) is 58.9 Å². The van der Waals surface area contributed by atoms with Crippen molar-refractivity contribution in [2.45, 2.75) is 234 Å². The van der Waals surface area contributed by atoms with Crippen LogP contribution in [0.2, 0.25) is 6.04 Å². The van der Waals surface area contributed by atoms with Crippen molar-refractivity contribution in [3.63, 3.8) is 0 Å². The summed E-state index contributed by atoms with van der Waals surface area (Å²) in [4.78, 5) is 2.72. The topological polar surface area (TPSA) is 30.9 Å². The van der Waals surface area contributed by atoms with Gasteiger partial charge in [0.15, 0.2) is 0 Å². The van der Waals surface area contributed by atoms with Crippen molar-refractivity contribution in [3.8, 4) is 0 Å². The number of rotatable bonds is 43. The highest BCUT2D eigenvalue weighted by atomic mass is 32.1. The fourth-order valence-corrected chi connectivity index (χ4v) is 10.4. The molecule has 0 N–H and O–H groups in total. The van der Waals surface area contributed by atoms with Crippen molar-refractivity contribution in [3.05, 3.63) is 0 Å². The molecule has 0 aliphatic carbocycles. The Morgan fingerprint density at radius 2 is 0.804 bits per heavy atom. The Kier molecular flexibility index (Phi) is 40.4. The molecule has 2 atom stereocenters. The van der Waals surface area contributed by atoms with Crippen molar-refractivity contribution in [1.82, 2.24) is 4.90 Å². The molecule has 0 radical (unpaired) electrons. The molecule has 0 aromatic heterocycles. The van der Waals surface area contributed by atoms with Crippen molar-refractivity contribution in [2.24, 2.45) is 11.8 Å². The third-order valence-electron chi connectivity index (χ3n) is 11.2. The molecule has 0 bridgehead atoms. The maximum absolute atomic E-state index is 6.98. The Labute approximate surface area is 329 Å². The predicted octanol–water partition coefficient (Wildman–Crippen LogP) is 14.9. The van der Waals surface area contributed by atoms with Crippen LogP contribution >= 0.6 is 12.6 Å². The van der Waals surface area contributed by atoms with Crippen LogP contribution in [0.25, 0.3) is 0 Å². The first-order valence-corrected chi connectivity index (χ1v) is 25.9. The minimum absolute atomic E-state index is 0.589. The van der Waals surface area contributed by atoms with Crippen molar-refractivity contribution in [2.75, 3.05) is 45.2 Å². The molecule has 0 amide bonds. The second kappa shape index (κ2) is 40.1. The normalized spacial score (nSPS) is 14.4. The van der Waals surface area contributed by atoms with Crippen LogP contribution in [0.5, 0.6) is 0 Å². The molecule has 0 rings (SSSR count). The van der Waals surface area contributed by atoms with Crippen LogP contribution in [0.4, 0.5) is 0 Å². The maximum Gasteiger partial charge on any atom is 0.501 e. The lowest BCUT2D eigenvalue weighted by atomic mass is 10.0. The van der Waals surface area contributed by atoms with Gasteiger partial charge in [0.2, 0.25) is 0 Å². The fraction of sp³-hybridized carbons (Fsp3) is 1.00. The van der Waals surface area contributed by atoms with Gasteiger partial charge >= 0.3 is 8.80 Å². The summed E-state index contributed by atoms with van der Waals surface area (Å²) in [5.41, 5.74) is 0. The van der Waals surface area contributed by atoms with Crippen LogP contribution in [0.3, 0.4) is 0 Å². The van der Waals surface area contributed by atoms with Gasteiger partial charge in [0.05, 0.1) is 6.61 Å². The van der Waals surface area contributed by atoms with E-state index in [2.05, 4.69) is 59.1 Å². The summed E-state index contributed by atoms with van der Waals surface area (Å²) >= 11 is 4.63. The van der Waals surface area contributed by atoms with Gasteiger partial charge in [0.1, 0.15) is 0 Å². The van der Waals surface area contributed by atoms with Crippen molar-refractivity contribution in [1.29, 1.82) is 0 Å². The van der Waals surface area contributed by atoms with Gasteiger partial charge in [-0.05, 0) is 62.8 Å². The van der Waals surface area contributed by atoms with Gasteiger partial charge in [-0.3, -0.25) is 0 Å². The third kappa shape index (κ3) is 32.4. The number of thiol groups is 1. The molecule has 4 nitrogen and oxygen atoms in total. The van der Waals surface area contributed by atoms with Gasteiger partial charge in [-0.1, -0.05) is 196 Å². The first-order valence-electron chi connectivity index (χ1n) is 23.3. The second-order valence-corrected chi connectivity index (χ2v) is 19.2. The Hall–Kier alpha value is 0.407. The standard InChI is InChI=1S/C45H95NO3SSi/c1-7-13-17-19-21-23-25-27-29-31-36-46(37-32-30-28-26-24-22-20-18-14-8-2)38-39-47-51(41-33-40-50,48-42-44(11-5)34-15-9-3)49-43-45(12-6)35-16-10-4/h44-45,50H,7-43H2,1-6H3. The fourth-order valence-electron chi connectivity index (χ4n) is 7.23. The zero-order valence-electron chi connectivity index (χ0n) is 35.9. The smallest absolute Gasteiger partial charge is 0.373 e. The van der Waals surface area contributed by atoms with Crippen LogP contribution in [0.15, 0.2) is 0 Å². The first-order chi connectivity index (χ1) is 25.0. The molecule has 0 aromatic rings. The largest absolute Gasteiger partial charge is 0.501 e. The summed E-state index contributed by atoms with van der Waals surface area (Å²) in [6.45, 7) is 19.5. The van der Waals surface area contributed by atoms with E-state index in [1.165, 1.54) is 180 Å². The molecule has 0 spiro atoms. The molecule has 0 aromatic carbocycles. The molecule has 51 heavy (non-hydrogen) atoms. The summed E-state index contributed by atoms with van der Waals surface area (Å²) in [5, 5.41) is 0. The van der Waals surface area contributed by atoms with Gasteiger partial charge in [-0.25, -0.2) is 0 Å². The predicted molar refractivity (Wildman–Crippen MR) is 234 cm³/mol. The van der Waals surface area contributed by atoms with E-state index in [4.69, 9.17) is 13.3 Å². The van der Waals surface area contributed by atoms with E-state index in [0.717, 1.165) is 57.4 Å². The quantitative estimate of drug-likeness (QED) is 0.0381. The molecule has 6 heteroatoms. The third-order valence-corrected chi connectivity index (χ3v) is 14.3. The lowest BCUT2D eigenvalue weighted by Gasteiger charge is -2.33. The summed E-state index contributed by atoms with van der Waals surface area (Å²) < 4.78 is 20.9. The van der Waals surface area contributed by atoms with E-state index in [-0.39, 0.29) is 0 Å². The van der Waals surface area contributed by atoms with Crippen LogP contribution in [-0.2, 0) is 13.3 Å². The number of nitrogens with zero attached hydrogens (tertiary/aromatic N) is 1. The van der Waals surface area contributed by atoms with Gasteiger partial charge in [-0.15, -0.1) is 0 Å². The summed E-state index contributed by atoms with van der Waals surface area (Å²) in [5.74, 6) is 2.03. The minimum Gasteiger partial charge on any atom is -0.373 e. The van der Waals surface area contributed by atoms with Gasteiger partial charge in [0, 0.05) is 25.8 Å². The zero-order valence-corrected chi connectivity index (χ0v) is 37.8. The van der Waals surface area contributed by atoms with Gasteiger partial charge < -0.3 is 18.2 Å². The highest BCUT2D eigenvalue weighted by molar-refractivity contribution is 7.80. The Morgan fingerprint density at radius 3 is 1.16 bits per heavy atom. The Morgan fingerprint density at radius 1 is 0.431 bits per heavy atom. The van der Waals surface area contributed by atoms with Gasteiger partial charge in [-0.2, -0.15) is 12.6 Å². The molecule has 2 unspecified atom stereocenters. The Bertz CT molecular complexity index is 627. The lowest BCUT2D eigenvalue weighted by molar-refractivity contribution is 0.0288. The maximum atomic E-state index is 6.98. The van der Waals surface area contributed by atoms with Crippen molar-refractivity contribution < 1.29 is 13.3 Å². The SMILES string of the molecule is CCCCCCCCCCCCN(CCCCCCCCCCCC)CCO[Si](CCCS)(OCC(CC)CCCC)OCC(CC)CCCC. The van der Waals surface area contributed by atoms with E-state index < -0.39 is 8.80 Å².